The number of hydrogen-bond acceptors (Lipinski definition) is 5. The zero-order valence-electron chi connectivity index (χ0n) is 16.4. The molecule has 3 rings (SSSR count). The minimum absolute atomic E-state index is 0.125. The van der Waals surface area contributed by atoms with Crippen LogP contribution in [-0.2, 0) is 11.2 Å². The van der Waals surface area contributed by atoms with Gasteiger partial charge >= 0.3 is 0 Å². The number of rotatable bonds is 7. The molecule has 0 aliphatic rings. The van der Waals surface area contributed by atoms with Crippen molar-refractivity contribution < 1.29 is 9.59 Å². The Bertz CT molecular complexity index is 974. The molecule has 0 saturated heterocycles. The highest BCUT2D eigenvalue weighted by atomic mass is 16.2. The highest BCUT2D eigenvalue weighted by molar-refractivity contribution is 5.92. The molecule has 0 aliphatic carbocycles. The highest BCUT2D eigenvalue weighted by Gasteiger charge is 2.13. The fourth-order valence-electron chi connectivity index (χ4n) is 2.78. The second-order valence-electron chi connectivity index (χ2n) is 6.65. The van der Waals surface area contributed by atoms with Gasteiger partial charge in [-0.3, -0.25) is 14.6 Å². The molecule has 7 nitrogen and oxygen atoms in total. The Hall–Kier alpha value is -3.74. The van der Waals surface area contributed by atoms with Crippen LogP contribution in [0.4, 0.5) is 17.1 Å². The molecule has 2 amide bonds. The lowest BCUT2D eigenvalue weighted by molar-refractivity contribution is -0.114. The monoisotopic (exact) mass is 389 g/mol. The minimum atomic E-state index is -0.127. The summed E-state index contributed by atoms with van der Waals surface area (Å²) in [5, 5.41) is 5.96. The normalized spacial score (nSPS) is 10.3. The first-order valence-electron chi connectivity index (χ1n) is 9.26. The maximum atomic E-state index is 12.6. The van der Waals surface area contributed by atoms with E-state index in [4.69, 9.17) is 0 Å². The van der Waals surface area contributed by atoms with Gasteiger partial charge in [-0.05, 0) is 54.4 Å². The molecular weight excluding hydrogens is 366 g/mol. The van der Waals surface area contributed by atoms with E-state index in [1.165, 1.54) is 6.92 Å². The van der Waals surface area contributed by atoms with Crippen molar-refractivity contribution in [2.45, 2.75) is 13.3 Å². The van der Waals surface area contributed by atoms with Crippen molar-refractivity contribution in [3.63, 3.8) is 0 Å². The van der Waals surface area contributed by atoms with Crippen molar-refractivity contribution in [2.24, 2.45) is 0 Å². The predicted octanol–water partition coefficient (Wildman–Crippen LogP) is 3.49. The number of benzene rings is 1. The van der Waals surface area contributed by atoms with Crippen LogP contribution < -0.4 is 10.6 Å². The molecule has 2 heterocycles. The van der Waals surface area contributed by atoms with Gasteiger partial charge in [0.05, 0.1) is 11.9 Å². The number of anilines is 3. The van der Waals surface area contributed by atoms with Crippen molar-refractivity contribution in [3.05, 3.63) is 78.4 Å². The summed E-state index contributed by atoms with van der Waals surface area (Å²) in [6, 6.07) is 14.8. The van der Waals surface area contributed by atoms with Crippen LogP contribution in [0.1, 0.15) is 23.0 Å². The van der Waals surface area contributed by atoms with Gasteiger partial charge < -0.3 is 15.5 Å². The Morgan fingerprint density at radius 3 is 2.45 bits per heavy atom. The average Bonchev–Trinajstić information content (AvgIpc) is 2.72. The van der Waals surface area contributed by atoms with Crippen molar-refractivity contribution in [1.82, 2.24) is 14.9 Å². The summed E-state index contributed by atoms with van der Waals surface area (Å²) in [5.41, 5.74) is 3.79. The van der Waals surface area contributed by atoms with Gasteiger partial charge in [-0.25, -0.2) is 4.98 Å². The largest absolute Gasteiger partial charge is 0.354 e. The van der Waals surface area contributed by atoms with Crippen LogP contribution in [0, 0.1) is 0 Å². The summed E-state index contributed by atoms with van der Waals surface area (Å²) < 4.78 is 0. The maximum Gasteiger partial charge on any atom is 0.272 e. The SMILES string of the molecule is CC(=O)Nc1cccc(Nc2ccc(C(=O)N(C)CCc3ccncc3)nc2)c1. The van der Waals surface area contributed by atoms with Crippen LogP contribution in [0.15, 0.2) is 67.1 Å². The molecule has 3 aromatic rings. The first kappa shape index (κ1) is 20.0. The molecule has 148 valence electrons. The van der Waals surface area contributed by atoms with Crippen LogP contribution in [0.25, 0.3) is 0 Å². The lowest BCUT2D eigenvalue weighted by atomic mass is 10.2. The molecule has 2 N–H and O–H groups in total. The van der Waals surface area contributed by atoms with Crippen molar-refractivity contribution in [2.75, 3.05) is 24.2 Å². The lowest BCUT2D eigenvalue weighted by Gasteiger charge is -2.17. The van der Waals surface area contributed by atoms with Crippen LogP contribution in [-0.4, -0.2) is 40.3 Å². The van der Waals surface area contributed by atoms with Gasteiger partial charge in [0.1, 0.15) is 5.69 Å². The standard InChI is InChI=1S/C22H23N5O2/c1-16(28)25-18-4-3-5-19(14-18)26-20-6-7-21(24-15-20)22(29)27(2)13-10-17-8-11-23-12-9-17/h3-9,11-12,14-15,26H,10,13H2,1-2H3,(H,25,28). The third kappa shape index (κ3) is 5.87. The van der Waals surface area contributed by atoms with Gasteiger partial charge in [0.2, 0.25) is 5.91 Å². The molecule has 0 fully saturated rings. The number of hydrogen-bond donors (Lipinski definition) is 2. The predicted molar refractivity (Wildman–Crippen MR) is 113 cm³/mol. The third-order valence-corrected chi connectivity index (χ3v) is 4.29. The topological polar surface area (TPSA) is 87.2 Å². The Morgan fingerprint density at radius 2 is 1.76 bits per heavy atom. The molecule has 0 saturated carbocycles. The molecule has 0 spiro atoms. The van der Waals surface area contributed by atoms with E-state index in [-0.39, 0.29) is 11.8 Å². The Balaban J connectivity index is 1.59. The Labute approximate surface area is 169 Å². The number of nitrogens with one attached hydrogen (secondary N) is 2. The van der Waals surface area contributed by atoms with Crippen LogP contribution in [0.5, 0.6) is 0 Å². The van der Waals surface area contributed by atoms with Crippen LogP contribution in [0.2, 0.25) is 0 Å². The number of pyridine rings is 2. The molecule has 1 aromatic carbocycles. The van der Waals surface area contributed by atoms with E-state index in [0.717, 1.165) is 23.4 Å². The summed E-state index contributed by atoms with van der Waals surface area (Å²) in [7, 11) is 1.77. The van der Waals surface area contributed by atoms with E-state index in [2.05, 4.69) is 20.6 Å². The Kier molecular flexibility index (Phi) is 6.52. The number of amides is 2. The van der Waals surface area contributed by atoms with E-state index < -0.39 is 0 Å². The van der Waals surface area contributed by atoms with E-state index >= 15 is 0 Å². The van der Waals surface area contributed by atoms with Crippen molar-refractivity contribution >= 4 is 28.9 Å². The number of aromatic nitrogens is 2. The van der Waals surface area contributed by atoms with Crippen LogP contribution >= 0.6 is 0 Å². The van der Waals surface area contributed by atoms with Gasteiger partial charge in [0.25, 0.3) is 5.91 Å². The first-order valence-corrected chi connectivity index (χ1v) is 9.26. The van der Waals surface area contributed by atoms with Gasteiger partial charge in [-0.15, -0.1) is 0 Å². The highest BCUT2D eigenvalue weighted by Crippen LogP contribution is 2.20. The molecule has 0 bridgehead atoms. The minimum Gasteiger partial charge on any atom is -0.354 e. The molecule has 0 unspecified atom stereocenters. The van der Waals surface area contributed by atoms with Gasteiger partial charge in [-0.2, -0.15) is 0 Å². The molecule has 0 aliphatic heterocycles. The third-order valence-electron chi connectivity index (χ3n) is 4.29. The van der Waals surface area contributed by atoms with E-state index in [0.29, 0.717) is 17.9 Å². The zero-order chi connectivity index (χ0) is 20.6. The summed E-state index contributed by atoms with van der Waals surface area (Å²) in [5.74, 6) is -0.252. The molecule has 0 radical (unpaired) electrons. The second-order valence-corrected chi connectivity index (χ2v) is 6.65. The molecule has 0 atom stereocenters. The number of carbonyl (C=O) groups excluding carboxylic acids is 2. The fraction of sp³-hybridized carbons (Fsp3) is 0.182. The van der Waals surface area contributed by atoms with Gasteiger partial charge in [0, 0.05) is 44.3 Å². The fourth-order valence-corrected chi connectivity index (χ4v) is 2.78. The first-order chi connectivity index (χ1) is 14.0. The van der Waals surface area contributed by atoms with E-state index in [9.17, 15) is 9.59 Å². The maximum absolute atomic E-state index is 12.6. The summed E-state index contributed by atoms with van der Waals surface area (Å²) in [4.78, 5) is 33.7. The smallest absolute Gasteiger partial charge is 0.272 e. The molecule has 2 aromatic heterocycles. The number of nitrogens with zero attached hydrogens (tertiary/aromatic N) is 3. The van der Waals surface area contributed by atoms with Crippen LogP contribution in [0.3, 0.4) is 0 Å². The molecule has 7 heteroatoms. The summed E-state index contributed by atoms with van der Waals surface area (Å²) in [6.45, 7) is 2.06. The second kappa shape index (κ2) is 9.45. The quantitative estimate of drug-likeness (QED) is 0.646. The van der Waals surface area contributed by atoms with Crippen molar-refractivity contribution in [1.29, 1.82) is 0 Å². The van der Waals surface area contributed by atoms with Gasteiger partial charge in [0.15, 0.2) is 0 Å². The summed E-state index contributed by atoms with van der Waals surface area (Å²) in [6.07, 6.45) is 5.87. The zero-order valence-corrected chi connectivity index (χ0v) is 16.4. The van der Waals surface area contributed by atoms with E-state index in [1.54, 1.807) is 36.6 Å². The summed E-state index contributed by atoms with van der Waals surface area (Å²) >= 11 is 0. The molecular formula is C22H23N5O2. The molecule has 29 heavy (non-hydrogen) atoms. The van der Waals surface area contributed by atoms with Crippen molar-refractivity contribution in [3.8, 4) is 0 Å². The average molecular weight is 389 g/mol. The Morgan fingerprint density at radius 1 is 1.00 bits per heavy atom. The number of carbonyl (C=O) groups is 2. The lowest BCUT2D eigenvalue weighted by Crippen LogP contribution is -2.29. The van der Waals surface area contributed by atoms with Gasteiger partial charge in [-0.1, -0.05) is 6.07 Å². The van der Waals surface area contributed by atoms with E-state index in [1.807, 2.05) is 42.5 Å². The number of likely N-dealkylation sites (N-methyl/N-ethyl adjacent to an activating group) is 1.